The number of aromatic nitrogens is 2. The lowest BCUT2D eigenvalue weighted by Gasteiger charge is -2.08. The van der Waals surface area contributed by atoms with Crippen LogP contribution < -0.4 is 0 Å². The van der Waals surface area contributed by atoms with Gasteiger partial charge >= 0.3 is 0 Å². The number of hydrogen-bond donors (Lipinski definition) is 2. The van der Waals surface area contributed by atoms with Gasteiger partial charge in [-0.1, -0.05) is 0 Å². The van der Waals surface area contributed by atoms with Crippen LogP contribution in [0.15, 0.2) is 12.3 Å². The molecule has 0 aliphatic carbocycles. The van der Waals surface area contributed by atoms with Gasteiger partial charge in [-0.25, -0.2) is 4.68 Å². The van der Waals surface area contributed by atoms with E-state index in [9.17, 15) is 0 Å². The summed E-state index contributed by atoms with van der Waals surface area (Å²) in [6.07, 6.45) is 0.670. The predicted octanol–water partition coefficient (Wildman–Crippen LogP) is -0.325. The maximum atomic E-state index is 9.05. The lowest BCUT2D eigenvalue weighted by molar-refractivity contribution is 0.0278. The molecule has 0 radical (unpaired) electrons. The molecule has 0 aliphatic rings. The maximum Gasteiger partial charge on any atom is 0.170 e. The van der Waals surface area contributed by atoms with Crippen LogP contribution in [0.3, 0.4) is 0 Å². The third kappa shape index (κ3) is 1.17. The largest absolute Gasteiger partial charge is 0.392 e. The Morgan fingerprint density at radius 1 is 1.80 bits per heavy atom. The van der Waals surface area contributed by atoms with Gasteiger partial charge in [0, 0.05) is 11.9 Å². The molecule has 4 heteroatoms. The van der Waals surface area contributed by atoms with Crippen molar-refractivity contribution < 1.29 is 10.2 Å². The molecule has 0 saturated carbocycles. The third-order valence-corrected chi connectivity index (χ3v) is 1.31. The zero-order valence-electron chi connectivity index (χ0n) is 5.73. The molecule has 1 aromatic heterocycles. The summed E-state index contributed by atoms with van der Waals surface area (Å²) >= 11 is 0. The number of hydrogen-bond acceptors (Lipinski definition) is 3. The lowest BCUT2D eigenvalue weighted by Crippen LogP contribution is -2.14. The van der Waals surface area contributed by atoms with E-state index in [-0.39, 0.29) is 6.61 Å². The van der Waals surface area contributed by atoms with Crippen molar-refractivity contribution in [1.82, 2.24) is 9.78 Å². The SMILES string of the molecule is Cc1ccnn1[C@@H](O)CO. The molecule has 0 saturated heterocycles. The number of aliphatic hydroxyl groups is 2. The molecule has 4 nitrogen and oxygen atoms in total. The smallest absolute Gasteiger partial charge is 0.170 e. The van der Waals surface area contributed by atoms with Gasteiger partial charge in [0.25, 0.3) is 0 Å². The van der Waals surface area contributed by atoms with Gasteiger partial charge in [-0.15, -0.1) is 0 Å². The van der Waals surface area contributed by atoms with Gasteiger partial charge < -0.3 is 10.2 Å². The van der Waals surface area contributed by atoms with Gasteiger partial charge in [0.05, 0.1) is 6.61 Å². The van der Waals surface area contributed by atoms with Crippen molar-refractivity contribution in [3.63, 3.8) is 0 Å². The Morgan fingerprint density at radius 3 is 2.90 bits per heavy atom. The van der Waals surface area contributed by atoms with Crippen molar-refractivity contribution in [3.05, 3.63) is 18.0 Å². The highest BCUT2D eigenvalue weighted by Crippen LogP contribution is 2.03. The van der Waals surface area contributed by atoms with Crippen LogP contribution in [0.4, 0.5) is 0 Å². The van der Waals surface area contributed by atoms with E-state index in [1.54, 1.807) is 12.3 Å². The van der Waals surface area contributed by atoms with Crippen LogP contribution in [0.5, 0.6) is 0 Å². The van der Waals surface area contributed by atoms with Crippen LogP contribution in [0.25, 0.3) is 0 Å². The quantitative estimate of drug-likeness (QED) is 0.594. The van der Waals surface area contributed by atoms with E-state index in [1.165, 1.54) is 4.68 Å². The van der Waals surface area contributed by atoms with E-state index >= 15 is 0 Å². The first-order chi connectivity index (χ1) is 4.75. The number of aryl methyl sites for hydroxylation is 1. The molecule has 10 heavy (non-hydrogen) atoms. The summed E-state index contributed by atoms with van der Waals surface area (Å²) in [7, 11) is 0. The monoisotopic (exact) mass is 142 g/mol. The first-order valence-corrected chi connectivity index (χ1v) is 3.04. The van der Waals surface area contributed by atoms with Gasteiger partial charge in [0.1, 0.15) is 0 Å². The van der Waals surface area contributed by atoms with Crippen molar-refractivity contribution in [2.75, 3.05) is 6.61 Å². The van der Waals surface area contributed by atoms with Crippen LogP contribution in [0.2, 0.25) is 0 Å². The van der Waals surface area contributed by atoms with E-state index in [2.05, 4.69) is 5.10 Å². The van der Waals surface area contributed by atoms with Crippen LogP contribution >= 0.6 is 0 Å². The fraction of sp³-hybridized carbons (Fsp3) is 0.500. The molecule has 0 aliphatic heterocycles. The molecule has 0 bridgehead atoms. The molecule has 0 aromatic carbocycles. The molecule has 1 rings (SSSR count). The first kappa shape index (κ1) is 7.24. The molecular formula is C6H10N2O2. The minimum atomic E-state index is -0.907. The fourth-order valence-electron chi connectivity index (χ4n) is 0.770. The van der Waals surface area contributed by atoms with E-state index < -0.39 is 6.23 Å². The van der Waals surface area contributed by atoms with E-state index in [1.807, 2.05) is 6.92 Å². The second-order valence-corrected chi connectivity index (χ2v) is 2.08. The lowest BCUT2D eigenvalue weighted by atomic mass is 10.5. The van der Waals surface area contributed by atoms with Crippen molar-refractivity contribution in [3.8, 4) is 0 Å². The molecule has 1 atom stereocenters. The molecular weight excluding hydrogens is 132 g/mol. The summed E-state index contributed by atoms with van der Waals surface area (Å²) in [5.41, 5.74) is 0.835. The van der Waals surface area contributed by atoms with Gasteiger partial charge in [-0.3, -0.25) is 0 Å². The van der Waals surface area contributed by atoms with E-state index in [0.29, 0.717) is 0 Å². The third-order valence-electron chi connectivity index (χ3n) is 1.31. The van der Waals surface area contributed by atoms with Crippen LogP contribution in [0, 0.1) is 6.92 Å². The Bertz CT molecular complexity index is 209. The summed E-state index contributed by atoms with van der Waals surface area (Å²) in [5, 5.41) is 21.4. The summed E-state index contributed by atoms with van der Waals surface area (Å²) < 4.78 is 1.36. The molecule has 56 valence electrons. The average molecular weight is 142 g/mol. The Morgan fingerprint density at radius 2 is 2.50 bits per heavy atom. The summed E-state index contributed by atoms with van der Waals surface area (Å²) in [4.78, 5) is 0. The number of rotatable bonds is 2. The highest BCUT2D eigenvalue weighted by molar-refractivity contribution is 4.97. The second kappa shape index (κ2) is 2.81. The maximum absolute atomic E-state index is 9.05. The highest BCUT2D eigenvalue weighted by Gasteiger charge is 2.05. The number of aliphatic hydroxyl groups excluding tert-OH is 2. The van der Waals surface area contributed by atoms with Crippen LogP contribution in [-0.2, 0) is 0 Å². The van der Waals surface area contributed by atoms with Crippen molar-refractivity contribution in [2.24, 2.45) is 0 Å². The number of nitrogens with zero attached hydrogens (tertiary/aromatic N) is 2. The van der Waals surface area contributed by atoms with Crippen molar-refractivity contribution >= 4 is 0 Å². The average Bonchev–Trinajstić information content (AvgIpc) is 2.34. The van der Waals surface area contributed by atoms with Gasteiger partial charge in [0.2, 0.25) is 0 Å². The summed E-state index contributed by atoms with van der Waals surface area (Å²) in [6.45, 7) is 1.51. The Hall–Kier alpha value is -0.870. The van der Waals surface area contributed by atoms with E-state index in [4.69, 9.17) is 10.2 Å². The summed E-state index contributed by atoms with van der Waals surface area (Å²) in [5.74, 6) is 0. The highest BCUT2D eigenvalue weighted by atomic mass is 16.3. The zero-order valence-corrected chi connectivity index (χ0v) is 5.73. The van der Waals surface area contributed by atoms with Gasteiger partial charge in [-0.05, 0) is 13.0 Å². The molecule has 0 spiro atoms. The molecule has 1 heterocycles. The van der Waals surface area contributed by atoms with E-state index in [0.717, 1.165) is 5.69 Å². The summed E-state index contributed by atoms with van der Waals surface area (Å²) in [6, 6.07) is 1.76. The Labute approximate surface area is 58.7 Å². The molecule has 2 N–H and O–H groups in total. The van der Waals surface area contributed by atoms with Crippen molar-refractivity contribution in [1.29, 1.82) is 0 Å². The predicted molar refractivity (Wildman–Crippen MR) is 35.3 cm³/mol. The minimum absolute atomic E-state index is 0.303. The normalized spacial score (nSPS) is 13.5. The van der Waals surface area contributed by atoms with Crippen molar-refractivity contribution in [2.45, 2.75) is 13.2 Å². The van der Waals surface area contributed by atoms with Crippen LogP contribution in [-0.4, -0.2) is 26.6 Å². The Balaban J connectivity index is 2.82. The van der Waals surface area contributed by atoms with Gasteiger partial charge in [0.15, 0.2) is 6.23 Å². The standard InChI is InChI=1S/C6H10N2O2/c1-5-2-3-7-8(5)6(10)4-9/h2-3,6,9-10H,4H2,1H3/t6-/m0/s1. The fourth-order valence-corrected chi connectivity index (χ4v) is 0.770. The van der Waals surface area contributed by atoms with Gasteiger partial charge in [-0.2, -0.15) is 5.10 Å². The molecule has 0 fully saturated rings. The minimum Gasteiger partial charge on any atom is -0.392 e. The zero-order chi connectivity index (χ0) is 7.56. The first-order valence-electron chi connectivity index (χ1n) is 3.04. The molecule has 1 aromatic rings. The Kier molecular flexibility index (Phi) is 2.03. The van der Waals surface area contributed by atoms with Crippen LogP contribution in [0.1, 0.15) is 11.9 Å². The second-order valence-electron chi connectivity index (χ2n) is 2.08. The topological polar surface area (TPSA) is 58.3 Å². The molecule has 0 amide bonds. The molecule has 0 unspecified atom stereocenters.